The van der Waals surface area contributed by atoms with Crippen LogP contribution in [0, 0.1) is 0 Å². The van der Waals surface area contributed by atoms with Gasteiger partial charge >= 0.3 is 6.18 Å². The molecule has 2 aromatic rings. The second kappa shape index (κ2) is 5.76. The maximum absolute atomic E-state index is 13.0. The Morgan fingerprint density at radius 2 is 1.95 bits per heavy atom. The molecule has 2 rings (SSSR count). The summed E-state index contributed by atoms with van der Waals surface area (Å²) < 4.78 is 40.7. The molecule has 0 saturated carbocycles. The second-order valence-corrected chi connectivity index (χ2v) is 5.65. The molecule has 114 valence electrons. The maximum Gasteiger partial charge on any atom is 0.417 e. The van der Waals surface area contributed by atoms with Gasteiger partial charge in [-0.15, -0.1) is 10.2 Å². The van der Waals surface area contributed by atoms with Gasteiger partial charge in [0.25, 0.3) is 0 Å². The van der Waals surface area contributed by atoms with Crippen LogP contribution >= 0.6 is 15.9 Å². The summed E-state index contributed by atoms with van der Waals surface area (Å²) in [5.41, 5.74) is 5.20. The van der Waals surface area contributed by atoms with Crippen molar-refractivity contribution in [1.29, 1.82) is 0 Å². The minimum atomic E-state index is -4.44. The lowest BCUT2D eigenvalue weighted by Gasteiger charge is -2.15. The fraction of sp³-hybridized carbons (Fsp3) is 0.385. The van der Waals surface area contributed by atoms with Gasteiger partial charge < -0.3 is 10.3 Å². The number of nitrogens with two attached hydrogens (primary N) is 1. The largest absolute Gasteiger partial charge is 0.417 e. The van der Waals surface area contributed by atoms with Crippen LogP contribution in [0.2, 0.25) is 0 Å². The van der Waals surface area contributed by atoms with Crippen LogP contribution in [0.1, 0.15) is 31.3 Å². The maximum atomic E-state index is 13.0. The molecule has 4 nitrogen and oxygen atoms in total. The summed E-state index contributed by atoms with van der Waals surface area (Å²) in [7, 11) is 0. The number of hydrogen-bond acceptors (Lipinski definition) is 3. The zero-order valence-corrected chi connectivity index (χ0v) is 13.0. The van der Waals surface area contributed by atoms with E-state index in [0.717, 1.165) is 6.07 Å². The molecule has 0 amide bonds. The third kappa shape index (κ3) is 3.11. The lowest BCUT2D eigenvalue weighted by atomic mass is 10.1. The molecule has 0 saturated heterocycles. The highest BCUT2D eigenvalue weighted by Crippen LogP contribution is 2.37. The highest BCUT2D eigenvalue weighted by atomic mass is 79.9. The number of hydrogen-bond donors (Lipinski definition) is 1. The summed E-state index contributed by atoms with van der Waals surface area (Å²) in [5, 5.41) is 7.92. The fourth-order valence-electron chi connectivity index (χ4n) is 2.08. The molecule has 8 heteroatoms. The van der Waals surface area contributed by atoms with E-state index in [0.29, 0.717) is 17.2 Å². The predicted molar refractivity (Wildman–Crippen MR) is 76.4 cm³/mol. The average molecular weight is 363 g/mol. The van der Waals surface area contributed by atoms with Crippen LogP contribution in [0.5, 0.6) is 0 Å². The number of aromatic nitrogens is 3. The standard InChI is InChI=1S/C13H14BrF3N4/c1-7(2)21-11(6-18)19-20-12(21)8-3-4-10(14)9(5-8)13(15,16)17/h3-5,7H,6,18H2,1-2H3. The molecular weight excluding hydrogens is 349 g/mol. The van der Waals surface area contributed by atoms with Gasteiger partial charge in [0.2, 0.25) is 0 Å². The quantitative estimate of drug-likeness (QED) is 0.903. The van der Waals surface area contributed by atoms with Crippen molar-refractivity contribution in [3.63, 3.8) is 0 Å². The van der Waals surface area contributed by atoms with Crippen LogP contribution in [0.3, 0.4) is 0 Å². The topological polar surface area (TPSA) is 56.7 Å². The van der Waals surface area contributed by atoms with Crippen LogP contribution in [0.15, 0.2) is 22.7 Å². The highest BCUT2D eigenvalue weighted by molar-refractivity contribution is 9.10. The summed E-state index contributed by atoms with van der Waals surface area (Å²) >= 11 is 2.92. The monoisotopic (exact) mass is 362 g/mol. The first kappa shape index (κ1) is 16.0. The summed E-state index contributed by atoms with van der Waals surface area (Å²) in [5.74, 6) is 0.917. The van der Waals surface area contributed by atoms with Crippen LogP contribution < -0.4 is 5.73 Å². The van der Waals surface area contributed by atoms with Crippen LogP contribution in [0.25, 0.3) is 11.4 Å². The molecule has 1 heterocycles. The first-order valence-electron chi connectivity index (χ1n) is 6.26. The van der Waals surface area contributed by atoms with E-state index in [1.165, 1.54) is 6.07 Å². The van der Waals surface area contributed by atoms with Crippen molar-refractivity contribution in [2.45, 2.75) is 32.6 Å². The normalized spacial score (nSPS) is 12.2. The fourth-order valence-corrected chi connectivity index (χ4v) is 2.56. The van der Waals surface area contributed by atoms with E-state index in [-0.39, 0.29) is 17.1 Å². The van der Waals surface area contributed by atoms with Gasteiger partial charge in [-0.3, -0.25) is 0 Å². The van der Waals surface area contributed by atoms with Crippen molar-refractivity contribution < 1.29 is 13.2 Å². The van der Waals surface area contributed by atoms with E-state index in [1.54, 1.807) is 10.6 Å². The summed E-state index contributed by atoms with van der Waals surface area (Å²) in [6, 6.07) is 3.99. The van der Waals surface area contributed by atoms with Crippen molar-refractivity contribution in [2.24, 2.45) is 5.73 Å². The lowest BCUT2D eigenvalue weighted by molar-refractivity contribution is -0.138. The van der Waals surface area contributed by atoms with E-state index >= 15 is 0 Å². The van der Waals surface area contributed by atoms with E-state index in [4.69, 9.17) is 5.73 Å². The molecule has 0 fully saturated rings. The molecule has 21 heavy (non-hydrogen) atoms. The van der Waals surface area contributed by atoms with Crippen molar-refractivity contribution >= 4 is 15.9 Å². The molecule has 1 aromatic carbocycles. The van der Waals surface area contributed by atoms with E-state index in [2.05, 4.69) is 26.1 Å². The Bertz CT molecular complexity index is 649. The second-order valence-electron chi connectivity index (χ2n) is 4.80. The van der Waals surface area contributed by atoms with Crippen molar-refractivity contribution in [3.05, 3.63) is 34.1 Å². The number of alkyl halides is 3. The third-order valence-corrected chi connectivity index (χ3v) is 3.69. The molecule has 0 aliphatic rings. The molecule has 0 atom stereocenters. The van der Waals surface area contributed by atoms with E-state index < -0.39 is 11.7 Å². The van der Waals surface area contributed by atoms with Gasteiger partial charge in [0, 0.05) is 16.1 Å². The lowest BCUT2D eigenvalue weighted by Crippen LogP contribution is -2.12. The van der Waals surface area contributed by atoms with Crippen molar-refractivity contribution in [2.75, 3.05) is 0 Å². The van der Waals surface area contributed by atoms with Crippen LogP contribution in [-0.2, 0) is 12.7 Å². The molecular formula is C13H14BrF3N4. The molecule has 0 unspecified atom stereocenters. The van der Waals surface area contributed by atoms with Gasteiger partial charge in [-0.05, 0) is 26.0 Å². The Kier molecular flexibility index (Phi) is 4.38. The first-order chi connectivity index (χ1) is 9.75. The molecule has 0 bridgehead atoms. The highest BCUT2D eigenvalue weighted by Gasteiger charge is 2.33. The molecule has 0 spiro atoms. The molecule has 0 radical (unpaired) electrons. The Morgan fingerprint density at radius 3 is 2.48 bits per heavy atom. The summed E-state index contributed by atoms with van der Waals surface area (Å²) in [6.07, 6.45) is -4.44. The minimum absolute atomic E-state index is 0.00610. The van der Waals surface area contributed by atoms with Gasteiger partial charge in [0.15, 0.2) is 5.82 Å². The van der Waals surface area contributed by atoms with Gasteiger partial charge in [0.05, 0.1) is 12.1 Å². The Hall–Kier alpha value is -1.41. The Morgan fingerprint density at radius 1 is 1.29 bits per heavy atom. The van der Waals surface area contributed by atoms with Crippen LogP contribution in [-0.4, -0.2) is 14.8 Å². The molecule has 2 N–H and O–H groups in total. The number of halogens is 4. The van der Waals surface area contributed by atoms with Crippen molar-refractivity contribution in [1.82, 2.24) is 14.8 Å². The van der Waals surface area contributed by atoms with Gasteiger partial charge in [-0.25, -0.2) is 0 Å². The SMILES string of the molecule is CC(C)n1c(CN)nnc1-c1ccc(Br)c(C(F)(F)F)c1. The Balaban J connectivity index is 2.61. The van der Waals surface area contributed by atoms with Gasteiger partial charge in [0.1, 0.15) is 5.82 Å². The zero-order valence-electron chi connectivity index (χ0n) is 11.4. The summed E-state index contributed by atoms with van der Waals surface area (Å²) in [4.78, 5) is 0. The van der Waals surface area contributed by atoms with Gasteiger partial charge in [-0.1, -0.05) is 22.0 Å². The molecule has 0 aliphatic carbocycles. The van der Waals surface area contributed by atoms with E-state index in [1.807, 2.05) is 13.8 Å². The number of nitrogens with zero attached hydrogens (tertiary/aromatic N) is 3. The zero-order chi connectivity index (χ0) is 15.8. The molecule has 0 aliphatic heterocycles. The number of benzene rings is 1. The minimum Gasteiger partial charge on any atom is -0.324 e. The summed E-state index contributed by atoms with van der Waals surface area (Å²) in [6.45, 7) is 3.97. The van der Waals surface area contributed by atoms with Gasteiger partial charge in [-0.2, -0.15) is 13.2 Å². The smallest absolute Gasteiger partial charge is 0.324 e. The number of rotatable bonds is 3. The first-order valence-corrected chi connectivity index (χ1v) is 7.06. The molecule has 1 aromatic heterocycles. The predicted octanol–water partition coefficient (Wildman–Crippen LogP) is 3.77. The Labute approximate surface area is 128 Å². The third-order valence-electron chi connectivity index (χ3n) is 3.00. The van der Waals surface area contributed by atoms with Crippen LogP contribution in [0.4, 0.5) is 13.2 Å². The van der Waals surface area contributed by atoms with E-state index in [9.17, 15) is 13.2 Å². The van der Waals surface area contributed by atoms with Crippen molar-refractivity contribution in [3.8, 4) is 11.4 Å². The average Bonchev–Trinajstić information content (AvgIpc) is 2.81.